The van der Waals surface area contributed by atoms with Gasteiger partial charge in [-0.2, -0.15) is 0 Å². The highest BCUT2D eigenvalue weighted by Gasteiger charge is 2.29. The van der Waals surface area contributed by atoms with Gasteiger partial charge in [0, 0.05) is 32.2 Å². The first kappa shape index (κ1) is 16.4. The van der Waals surface area contributed by atoms with E-state index in [2.05, 4.69) is 20.8 Å². The summed E-state index contributed by atoms with van der Waals surface area (Å²) in [5.74, 6) is 0.658. The number of nitrogens with zero attached hydrogens (tertiary/aromatic N) is 1. The lowest BCUT2D eigenvalue weighted by atomic mass is 9.84. The predicted octanol–water partition coefficient (Wildman–Crippen LogP) is 1.88. The first-order valence-electron chi connectivity index (χ1n) is 7.44. The summed E-state index contributed by atoms with van der Waals surface area (Å²) in [6, 6.07) is 0. The molecule has 4 nitrogen and oxygen atoms in total. The Morgan fingerprint density at radius 1 is 1.47 bits per heavy atom. The number of nitrogens with two attached hydrogens (primary N) is 1. The minimum atomic E-state index is -0.0535. The molecule has 0 aromatic carbocycles. The lowest BCUT2D eigenvalue weighted by molar-refractivity contribution is -0.136. The Morgan fingerprint density at radius 3 is 2.58 bits per heavy atom. The maximum absolute atomic E-state index is 12.6. The maximum Gasteiger partial charge on any atom is 0.226 e. The summed E-state index contributed by atoms with van der Waals surface area (Å²) in [5, 5.41) is 0. The molecule has 19 heavy (non-hydrogen) atoms. The zero-order chi connectivity index (χ0) is 14.5. The highest BCUT2D eigenvalue weighted by molar-refractivity contribution is 5.79. The SMILES string of the molecule is CCN(CC1CCOC1)C(=O)C(CN)CC(C)(C)C. The van der Waals surface area contributed by atoms with Crippen molar-refractivity contribution in [1.82, 2.24) is 4.90 Å². The van der Waals surface area contributed by atoms with Gasteiger partial charge in [0.15, 0.2) is 0 Å². The van der Waals surface area contributed by atoms with Crippen molar-refractivity contribution in [3.8, 4) is 0 Å². The normalized spacial score (nSPS) is 21.4. The minimum absolute atomic E-state index is 0.0535. The summed E-state index contributed by atoms with van der Waals surface area (Å²) >= 11 is 0. The van der Waals surface area contributed by atoms with Crippen LogP contribution >= 0.6 is 0 Å². The second-order valence-corrected chi connectivity index (χ2v) is 6.80. The van der Waals surface area contributed by atoms with E-state index in [-0.39, 0.29) is 17.2 Å². The third-order valence-electron chi connectivity index (χ3n) is 3.69. The van der Waals surface area contributed by atoms with Gasteiger partial charge in [-0.15, -0.1) is 0 Å². The Labute approximate surface area is 117 Å². The molecule has 0 aliphatic carbocycles. The molecule has 1 heterocycles. The smallest absolute Gasteiger partial charge is 0.226 e. The highest BCUT2D eigenvalue weighted by atomic mass is 16.5. The van der Waals surface area contributed by atoms with E-state index in [0.717, 1.165) is 39.1 Å². The van der Waals surface area contributed by atoms with Gasteiger partial charge < -0.3 is 15.4 Å². The summed E-state index contributed by atoms with van der Waals surface area (Å²) in [7, 11) is 0. The fourth-order valence-corrected chi connectivity index (χ4v) is 2.68. The highest BCUT2D eigenvalue weighted by Crippen LogP contribution is 2.25. The van der Waals surface area contributed by atoms with E-state index in [0.29, 0.717) is 12.5 Å². The van der Waals surface area contributed by atoms with Gasteiger partial charge in [0.25, 0.3) is 0 Å². The summed E-state index contributed by atoms with van der Waals surface area (Å²) in [6.07, 6.45) is 1.91. The fourth-order valence-electron chi connectivity index (χ4n) is 2.68. The minimum Gasteiger partial charge on any atom is -0.381 e. The summed E-state index contributed by atoms with van der Waals surface area (Å²) in [5.41, 5.74) is 5.94. The van der Waals surface area contributed by atoms with Crippen LogP contribution in [-0.4, -0.2) is 43.7 Å². The maximum atomic E-state index is 12.6. The lowest BCUT2D eigenvalue weighted by Crippen LogP contribution is -2.42. The topological polar surface area (TPSA) is 55.6 Å². The van der Waals surface area contributed by atoms with Gasteiger partial charge in [0.2, 0.25) is 5.91 Å². The van der Waals surface area contributed by atoms with E-state index < -0.39 is 0 Å². The molecule has 0 spiro atoms. The van der Waals surface area contributed by atoms with Crippen molar-refractivity contribution in [2.24, 2.45) is 23.0 Å². The van der Waals surface area contributed by atoms with E-state index in [1.807, 2.05) is 11.8 Å². The third kappa shape index (κ3) is 5.49. The Balaban J connectivity index is 2.58. The van der Waals surface area contributed by atoms with E-state index in [9.17, 15) is 4.79 Å². The van der Waals surface area contributed by atoms with Crippen LogP contribution in [0.25, 0.3) is 0 Å². The number of carbonyl (C=O) groups is 1. The number of ether oxygens (including phenoxy) is 1. The van der Waals surface area contributed by atoms with Crippen LogP contribution in [0.3, 0.4) is 0 Å². The molecule has 112 valence electrons. The van der Waals surface area contributed by atoms with Crippen molar-refractivity contribution < 1.29 is 9.53 Å². The average molecular weight is 270 g/mol. The molecule has 0 aromatic heterocycles. The molecule has 4 heteroatoms. The predicted molar refractivity (Wildman–Crippen MR) is 77.8 cm³/mol. The molecular formula is C15H30N2O2. The standard InChI is InChI=1S/C15H30N2O2/c1-5-17(10-12-6-7-19-11-12)14(18)13(9-16)8-15(2,3)4/h12-13H,5-11,16H2,1-4H3. The number of amides is 1. The van der Waals surface area contributed by atoms with Crippen LogP contribution in [0.15, 0.2) is 0 Å². The van der Waals surface area contributed by atoms with Crippen molar-refractivity contribution in [2.75, 3.05) is 32.8 Å². The molecule has 0 radical (unpaired) electrons. The van der Waals surface area contributed by atoms with Crippen LogP contribution in [0, 0.1) is 17.3 Å². The largest absolute Gasteiger partial charge is 0.381 e. The van der Waals surface area contributed by atoms with E-state index >= 15 is 0 Å². The van der Waals surface area contributed by atoms with Crippen LogP contribution in [0.1, 0.15) is 40.5 Å². The Kier molecular flexibility index (Phi) is 6.27. The summed E-state index contributed by atoms with van der Waals surface area (Å²) < 4.78 is 5.39. The van der Waals surface area contributed by atoms with E-state index in [4.69, 9.17) is 10.5 Å². The molecule has 0 bridgehead atoms. The first-order valence-corrected chi connectivity index (χ1v) is 7.44. The number of hydrogen-bond donors (Lipinski definition) is 1. The van der Waals surface area contributed by atoms with Gasteiger partial charge >= 0.3 is 0 Å². The van der Waals surface area contributed by atoms with Gasteiger partial charge in [0.05, 0.1) is 12.5 Å². The van der Waals surface area contributed by atoms with Gasteiger partial charge in [-0.25, -0.2) is 0 Å². The van der Waals surface area contributed by atoms with Crippen LogP contribution in [0.4, 0.5) is 0 Å². The Hall–Kier alpha value is -0.610. The van der Waals surface area contributed by atoms with Crippen molar-refractivity contribution in [3.63, 3.8) is 0 Å². The van der Waals surface area contributed by atoms with Crippen molar-refractivity contribution in [2.45, 2.75) is 40.5 Å². The second-order valence-electron chi connectivity index (χ2n) is 6.80. The number of rotatable bonds is 6. The van der Waals surface area contributed by atoms with Crippen molar-refractivity contribution in [1.29, 1.82) is 0 Å². The zero-order valence-corrected chi connectivity index (χ0v) is 12.9. The van der Waals surface area contributed by atoms with Gasteiger partial charge in [-0.05, 0) is 25.2 Å². The quantitative estimate of drug-likeness (QED) is 0.802. The molecule has 1 aliphatic heterocycles. The average Bonchev–Trinajstić information content (AvgIpc) is 2.84. The molecule has 1 saturated heterocycles. The molecule has 1 aliphatic rings. The van der Waals surface area contributed by atoms with Crippen molar-refractivity contribution in [3.05, 3.63) is 0 Å². The second kappa shape index (κ2) is 7.25. The van der Waals surface area contributed by atoms with Crippen LogP contribution < -0.4 is 5.73 Å². The molecule has 1 rings (SSSR count). The number of carbonyl (C=O) groups excluding carboxylic acids is 1. The Bertz CT molecular complexity index is 280. The molecule has 1 fully saturated rings. The molecule has 2 atom stereocenters. The van der Waals surface area contributed by atoms with Gasteiger partial charge in [-0.3, -0.25) is 4.79 Å². The number of hydrogen-bond acceptors (Lipinski definition) is 3. The van der Waals surface area contributed by atoms with E-state index in [1.165, 1.54) is 0 Å². The van der Waals surface area contributed by atoms with E-state index in [1.54, 1.807) is 0 Å². The summed E-state index contributed by atoms with van der Waals surface area (Å²) in [6.45, 7) is 12.1. The molecule has 2 unspecified atom stereocenters. The first-order chi connectivity index (χ1) is 8.87. The third-order valence-corrected chi connectivity index (χ3v) is 3.69. The van der Waals surface area contributed by atoms with Crippen molar-refractivity contribution >= 4 is 5.91 Å². The van der Waals surface area contributed by atoms with Crippen LogP contribution in [0.2, 0.25) is 0 Å². The zero-order valence-electron chi connectivity index (χ0n) is 12.9. The van der Waals surface area contributed by atoms with Gasteiger partial charge in [-0.1, -0.05) is 20.8 Å². The van der Waals surface area contributed by atoms with Crippen LogP contribution in [0.5, 0.6) is 0 Å². The van der Waals surface area contributed by atoms with Gasteiger partial charge in [0.1, 0.15) is 0 Å². The lowest BCUT2D eigenvalue weighted by Gasteiger charge is -2.31. The fraction of sp³-hybridized carbons (Fsp3) is 0.933. The molecule has 0 saturated carbocycles. The molecule has 2 N–H and O–H groups in total. The Morgan fingerprint density at radius 2 is 2.16 bits per heavy atom. The molecule has 0 aromatic rings. The molecular weight excluding hydrogens is 240 g/mol. The summed E-state index contributed by atoms with van der Waals surface area (Å²) in [4.78, 5) is 14.5. The monoisotopic (exact) mass is 270 g/mol. The molecule has 1 amide bonds. The van der Waals surface area contributed by atoms with Crippen LogP contribution in [-0.2, 0) is 9.53 Å².